The minimum atomic E-state index is 0.832. The van der Waals surface area contributed by atoms with Crippen LogP contribution in [0.3, 0.4) is 0 Å². The highest BCUT2D eigenvalue weighted by Gasteiger charge is 2.37. The largest absolute Gasteiger partial charge is 0.271 e. The maximum atomic E-state index is 4.71. The van der Waals surface area contributed by atoms with Crippen molar-refractivity contribution in [3.05, 3.63) is 72.6 Å². The Bertz CT molecular complexity index is 1310. The Morgan fingerprint density at radius 3 is 2.62 bits per heavy atom. The zero-order chi connectivity index (χ0) is 17.3. The molecule has 5 heterocycles. The highest BCUT2D eigenvalue weighted by molar-refractivity contribution is 6.03. The molecule has 124 valence electrons. The van der Waals surface area contributed by atoms with Gasteiger partial charge in [0.1, 0.15) is 22.4 Å². The average molecular weight is 338 g/mol. The van der Waals surface area contributed by atoms with Crippen LogP contribution in [-0.2, 0) is 13.6 Å². The van der Waals surface area contributed by atoms with Gasteiger partial charge in [0, 0.05) is 18.0 Å². The molecule has 0 unspecified atom stereocenters. The predicted octanol–water partition coefficient (Wildman–Crippen LogP) is 3.23. The number of rotatable bonds is 1. The van der Waals surface area contributed by atoms with Gasteiger partial charge in [-0.15, -0.1) is 0 Å². The topological polar surface area (TPSA) is 39.5 Å². The van der Waals surface area contributed by atoms with Gasteiger partial charge in [-0.1, -0.05) is 24.3 Å². The molecule has 0 radical (unpaired) electrons. The van der Waals surface area contributed by atoms with Gasteiger partial charge < -0.3 is 0 Å². The minimum Gasteiger partial charge on any atom is -0.257 e. The zero-order valence-electron chi connectivity index (χ0n) is 14.3. The summed E-state index contributed by atoms with van der Waals surface area (Å²) in [4.78, 5) is 9.41. The van der Waals surface area contributed by atoms with Crippen LogP contribution < -0.4 is 4.57 Å². The van der Waals surface area contributed by atoms with Gasteiger partial charge in [-0.2, -0.15) is 0 Å². The molecule has 6 rings (SSSR count). The van der Waals surface area contributed by atoms with Gasteiger partial charge >= 0.3 is 0 Å². The third-order valence-corrected chi connectivity index (χ3v) is 5.29. The first-order chi connectivity index (χ1) is 12.8. The summed E-state index contributed by atoms with van der Waals surface area (Å²) in [6.45, 7) is 0.832. The molecule has 0 N–H and O–H groups in total. The van der Waals surface area contributed by atoms with Gasteiger partial charge in [-0.3, -0.25) is 4.57 Å². The third kappa shape index (κ3) is 1.57. The van der Waals surface area contributed by atoms with Crippen LogP contribution in [0.5, 0.6) is 0 Å². The number of benzene rings is 1. The second-order valence-corrected chi connectivity index (χ2v) is 6.69. The van der Waals surface area contributed by atoms with E-state index in [4.69, 9.17) is 9.97 Å². The van der Waals surface area contributed by atoms with Crippen LogP contribution in [0.15, 0.2) is 67.0 Å². The molecule has 0 amide bonds. The Hall–Kier alpha value is -3.47. The van der Waals surface area contributed by atoms with Gasteiger partial charge in [0.25, 0.3) is 11.5 Å². The Morgan fingerprint density at radius 1 is 0.923 bits per heavy atom. The maximum absolute atomic E-state index is 4.71. The number of pyridine rings is 2. The lowest BCUT2D eigenvalue weighted by atomic mass is 10.2. The van der Waals surface area contributed by atoms with Crippen LogP contribution >= 0.6 is 0 Å². The van der Waals surface area contributed by atoms with E-state index >= 15 is 0 Å². The van der Waals surface area contributed by atoms with Gasteiger partial charge in [0.15, 0.2) is 0 Å². The first-order valence-electron chi connectivity index (χ1n) is 8.72. The number of fused-ring (bicyclic) bond motifs is 7. The van der Waals surface area contributed by atoms with Crippen LogP contribution in [0, 0.1) is 0 Å². The summed E-state index contributed by atoms with van der Waals surface area (Å²) in [5.41, 5.74) is 7.91. The van der Waals surface area contributed by atoms with Crippen LogP contribution in [-0.4, -0.2) is 19.1 Å². The molecule has 5 nitrogen and oxygen atoms in total. The summed E-state index contributed by atoms with van der Waals surface area (Å²) in [7, 11) is 2.12. The van der Waals surface area contributed by atoms with Gasteiger partial charge in [0.05, 0.1) is 13.6 Å². The highest BCUT2D eigenvalue weighted by atomic mass is 15.3. The summed E-state index contributed by atoms with van der Waals surface area (Å²) < 4.78 is 6.91. The number of hydrogen-bond donors (Lipinski definition) is 0. The average Bonchev–Trinajstić information content (AvgIpc) is 3.31. The molecule has 5 aromatic rings. The first-order valence-corrected chi connectivity index (χ1v) is 8.72. The van der Waals surface area contributed by atoms with Crippen molar-refractivity contribution in [3.8, 4) is 17.2 Å². The van der Waals surface area contributed by atoms with E-state index in [1.165, 1.54) is 11.2 Å². The molecule has 26 heavy (non-hydrogen) atoms. The number of aryl methyl sites for hydroxylation is 1. The minimum absolute atomic E-state index is 0.832. The van der Waals surface area contributed by atoms with E-state index in [1.54, 1.807) is 0 Å². The summed E-state index contributed by atoms with van der Waals surface area (Å²) in [5, 5.41) is 0. The molecule has 0 fully saturated rings. The summed E-state index contributed by atoms with van der Waals surface area (Å²) in [6, 6.07) is 18.8. The molecule has 5 heteroatoms. The number of para-hydroxylation sites is 1. The normalized spacial score (nSPS) is 12.7. The predicted molar refractivity (Wildman–Crippen MR) is 100 cm³/mol. The second-order valence-electron chi connectivity index (χ2n) is 6.69. The second kappa shape index (κ2) is 4.79. The first kappa shape index (κ1) is 13.8. The maximum Gasteiger partial charge on any atom is 0.271 e. The van der Waals surface area contributed by atoms with Crippen molar-refractivity contribution in [1.29, 1.82) is 0 Å². The fourth-order valence-electron chi connectivity index (χ4n) is 4.22. The summed E-state index contributed by atoms with van der Waals surface area (Å²) in [5.74, 6) is 1.12. The van der Waals surface area contributed by atoms with Crippen molar-refractivity contribution in [2.75, 3.05) is 0 Å². The van der Waals surface area contributed by atoms with Crippen molar-refractivity contribution < 1.29 is 4.57 Å². The molecular weight excluding hydrogens is 322 g/mol. The molecular formula is C21H16N5+. The van der Waals surface area contributed by atoms with E-state index in [-0.39, 0.29) is 0 Å². The number of nitrogens with zero attached hydrogens (tertiary/aromatic N) is 5. The van der Waals surface area contributed by atoms with Crippen LogP contribution in [0.4, 0.5) is 0 Å². The van der Waals surface area contributed by atoms with Crippen LogP contribution in [0.2, 0.25) is 0 Å². The lowest BCUT2D eigenvalue weighted by Gasteiger charge is -2.03. The molecule has 1 aliphatic heterocycles. The zero-order valence-corrected chi connectivity index (χ0v) is 14.3. The number of imidazole rings is 1. The molecule has 0 saturated heterocycles. The lowest BCUT2D eigenvalue weighted by Crippen LogP contribution is -2.33. The Labute approximate surface area is 149 Å². The van der Waals surface area contributed by atoms with Crippen molar-refractivity contribution in [1.82, 2.24) is 19.1 Å². The van der Waals surface area contributed by atoms with Crippen molar-refractivity contribution >= 4 is 22.2 Å². The van der Waals surface area contributed by atoms with Crippen LogP contribution in [0.1, 0.15) is 5.56 Å². The van der Waals surface area contributed by atoms with E-state index in [2.05, 4.69) is 57.1 Å². The molecule has 1 aliphatic rings. The SMILES string of the molecule is Cn1c2cccnc2c2c1[n+]1c(n2-c2ccccc2)-c2ncccc2C1. The van der Waals surface area contributed by atoms with Gasteiger partial charge in [-0.05, 0) is 30.3 Å². The van der Waals surface area contributed by atoms with Crippen molar-refractivity contribution in [2.24, 2.45) is 7.05 Å². The van der Waals surface area contributed by atoms with Gasteiger partial charge in [0.2, 0.25) is 5.52 Å². The molecule has 0 saturated carbocycles. The Kier molecular flexibility index (Phi) is 2.54. The standard InChI is InChI=1S/C21H16N5/c1-24-16-10-6-12-23-18(16)19-21(24)25-13-14-7-5-11-22-17(14)20(25)26(19)15-8-3-2-4-9-15/h2-12H,13H2,1H3/q+1. The third-order valence-electron chi connectivity index (χ3n) is 5.29. The van der Waals surface area contributed by atoms with Crippen molar-refractivity contribution in [3.63, 3.8) is 0 Å². The fourth-order valence-corrected chi connectivity index (χ4v) is 4.22. The molecule has 4 aromatic heterocycles. The summed E-state index contributed by atoms with van der Waals surface area (Å²) >= 11 is 0. The fraction of sp³-hybridized carbons (Fsp3) is 0.0952. The van der Waals surface area contributed by atoms with E-state index in [9.17, 15) is 0 Å². The smallest absolute Gasteiger partial charge is 0.257 e. The van der Waals surface area contributed by atoms with E-state index in [1.807, 2.05) is 30.6 Å². The monoisotopic (exact) mass is 338 g/mol. The number of hydrogen-bond acceptors (Lipinski definition) is 2. The van der Waals surface area contributed by atoms with E-state index < -0.39 is 0 Å². The van der Waals surface area contributed by atoms with E-state index in [0.29, 0.717) is 0 Å². The molecule has 0 spiro atoms. The quantitative estimate of drug-likeness (QED) is 0.432. The molecule has 0 aliphatic carbocycles. The van der Waals surface area contributed by atoms with Gasteiger partial charge in [-0.25, -0.2) is 19.1 Å². The van der Waals surface area contributed by atoms with Crippen LogP contribution in [0.25, 0.3) is 39.4 Å². The molecule has 0 atom stereocenters. The summed E-state index contributed by atoms with van der Waals surface area (Å²) in [6.07, 6.45) is 3.74. The lowest BCUT2D eigenvalue weighted by molar-refractivity contribution is -0.648. The van der Waals surface area contributed by atoms with Crippen molar-refractivity contribution in [2.45, 2.75) is 6.54 Å². The molecule has 1 aromatic carbocycles. The molecule has 0 bridgehead atoms. The van der Waals surface area contributed by atoms with E-state index in [0.717, 1.165) is 40.3 Å². The number of aromatic nitrogens is 5. The Morgan fingerprint density at radius 2 is 1.73 bits per heavy atom. The Balaban J connectivity index is 1.87. The highest BCUT2D eigenvalue weighted by Crippen LogP contribution is 2.36.